The first-order chi connectivity index (χ1) is 12.5. The first kappa shape index (κ1) is 17.9. The zero-order valence-electron chi connectivity index (χ0n) is 14.3. The maximum absolute atomic E-state index is 14.1. The molecule has 3 rings (SSSR count). The molecule has 1 fully saturated rings. The van der Waals surface area contributed by atoms with Crippen LogP contribution in [0.15, 0.2) is 47.5 Å². The number of carbonyl (C=O) groups is 1. The molecule has 0 heterocycles. The predicted molar refractivity (Wildman–Crippen MR) is 95.8 cm³/mol. The number of carbonyl (C=O) groups excluding carboxylic acids is 1. The summed E-state index contributed by atoms with van der Waals surface area (Å²) >= 11 is 0. The number of phenolic OH excluding ortho intramolecular Hbond substituents is 1. The third kappa shape index (κ3) is 3.82. The lowest BCUT2D eigenvalue weighted by Crippen LogP contribution is -2.12. The minimum absolute atomic E-state index is 0.171. The Morgan fingerprint density at radius 3 is 2.08 bits per heavy atom. The van der Waals surface area contributed by atoms with Crippen LogP contribution in [-0.4, -0.2) is 18.0 Å². The van der Waals surface area contributed by atoms with Crippen LogP contribution < -0.4 is 4.74 Å². The summed E-state index contributed by atoms with van der Waals surface area (Å²) in [6.45, 7) is 0. The Kier molecular flexibility index (Phi) is 5.16. The molecule has 0 spiro atoms. The normalized spacial score (nSPS) is 17.7. The molecule has 26 heavy (non-hydrogen) atoms. The SMILES string of the molecule is COc1ccc(/C=C2\CCC/C(=C\c3ccc(O)cc3F)C2=O)c(F)c1. The van der Waals surface area contributed by atoms with Crippen molar-refractivity contribution in [1.29, 1.82) is 0 Å². The number of benzene rings is 2. The molecule has 0 amide bonds. The highest BCUT2D eigenvalue weighted by molar-refractivity contribution is 6.14. The quantitative estimate of drug-likeness (QED) is 0.796. The zero-order chi connectivity index (χ0) is 18.7. The maximum Gasteiger partial charge on any atom is 0.185 e. The number of allylic oxidation sites excluding steroid dienone is 2. The minimum Gasteiger partial charge on any atom is -0.508 e. The van der Waals surface area contributed by atoms with Crippen LogP contribution in [0, 0.1) is 11.6 Å². The fourth-order valence-corrected chi connectivity index (χ4v) is 2.94. The van der Waals surface area contributed by atoms with E-state index in [-0.39, 0.29) is 17.1 Å². The first-order valence-electron chi connectivity index (χ1n) is 8.26. The molecule has 1 aliphatic carbocycles. The van der Waals surface area contributed by atoms with E-state index in [1.54, 1.807) is 12.1 Å². The molecule has 5 heteroatoms. The second kappa shape index (κ2) is 7.52. The third-order valence-electron chi connectivity index (χ3n) is 4.33. The van der Waals surface area contributed by atoms with E-state index in [1.165, 1.54) is 37.5 Å². The first-order valence-corrected chi connectivity index (χ1v) is 8.26. The average Bonchev–Trinajstić information content (AvgIpc) is 2.62. The molecule has 0 saturated heterocycles. The van der Waals surface area contributed by atoms with Gasteiger partial charge in [-0.05, 0) is 55.7 Å². The topological polar surface area (TPSA) is 46.5 Å². The largest absolute Gasteiger partial charge is 0.508 e. The van der Waals surface area contributed by atoms with Crippen molar-refractivity contribution in [2.75, 3.05) is 7.11 Å². The summed E-state index contributed by atoms with van der Waals surface area (Å²) in [5.74, 6) is -1.04. The van der Waals surface area contributed by atoms with Gasteiger partial charge in [0.1, 0.15) is 23.1 Å². The fraction of sp³-hybridized carbons (Fsp3) is 0.190. The van der Waals surface area contributed by atoms with Gasteiger partial charge in [-0.25, -0.2) is 8.78 Å². The number of halogens is 2. The van der Waals surface area contributed by atoms with Gasteiger partial charge >= 0.3 is 0 Å². The lowest BCUT2D eigenvalue weighted by molar-refractivity contribution is -0.112. The van der Waals surface area contributed by atoms with Crippen LogP contribution >= 0.6 is 0 Å². The monoisotopic (exact) mass is 356 g/mol. The Hall–Kier alpha value is -2.95. The molecular formula is C21H18F2O3. The van der Waals surface area contributed by atoms with Crippen molar-refractivity contribution in [3.8, 4) is 11.5 Å². The molecule has 0 bridgehead atoms. The zero-order valence-corrected chi connectivity index (χ0v) is 14.3. The predicted octanol–water partition coefficient (Wildman–Crippen LogP) is 4.90. The van der Waals surface area contributed by atoms with Gasteiger partial charge in [0, 0.05) is 34.4 Å². The van der Waals surface area contributed by atoms with E-state index in [0.29, 0.717) is 35.3 Å². The molecule has 3 nitrogen and oxygen atoms in total. The molecule has 1 saturated carbocycles. The number of hydrogen-bond acceptors (Lipinski definition) is 3. The highest BCUT2D eigenvalue weighted by Gasteiger charge is 2.21. The molecule has 0 unspecified atom stereocenters. The molecule has 0 radical (unpaired) electrons. The van der Waals surface area contributed by atoms with Gasteiger partial charge in [-0.2, -0.15) is 0 Å². The molecule has 0 atom stereocenters. The summed E-state index contributed by atoms with van der Waals surface area (Å²) in [4.78, 5) is 12.7. The molecule has 2 aromatic rings. The standard InChI is InChI=1S/C21H18F2O3/c1-26-18-8-6-14(20(23)12-18)10-16-4-2-3-15(21(16)25)9-13-5-7-17(24)11-19(13)22/h5-12,24H,2-4H2,1H3/b15-9+,16-10+. The van der Waals surface area contributed by atoms with E-state index in [4.69, 9.17) is 4.74 Å². The van der Waals surface area contributed by atoms with Gasteiger partial charge in [-0.15, -0.1) is 0 Å². The van der Waals surface area contributed by atoms with Crippen LogP contribution in [0.1, 0.15) is 30.4 Å². The van der Waals surface area contributed by atoms with Crippen LogP contribution in [0.25, 0.3) is 12.2 Å². The van der Waals surface area contributed by atoms with Gasteiger partial charge in [0.15, 0.2) is 5.78 Å². The van der Waals surface area contributed by atoms with E-state index in [1.807, 2.05) is 0 Å². The van der Waals surface area contributed by atoms with Crippen LogP contribution in [0.5, 0.6) is 11.5 Å². The smallest absolute Gasteiger partial charge is 0.185 e. The molecule has 2 aromatic carbocycles. The molecule has 1 N–H and O–H groups in total. The Bertz CT molecular complexity index is 913. The van der Waals surface area contributed by atoms with E-state index >= 15 is 0 Å². The van der Waals surface area contributed by atoms with Crippen molar-refractivity contribution in [3.63, 3.8) is 0 Å². The second-order valence-electron chi connectivity index (χ2n) is 6.12. The van der Waals surface area contributed by atoms with Gasteiger partial charge < -0.3 is 9.84 Å². The molecule has 0 aromatic heterocycles. The van der Waals surface area contributed by atoms with E-state index in [9.17, 15) is 18.7 Å². The number of methoxy groups -OCH3 is 1. The van der Waals surface area contributed by atoms with Crippen molar-refractivity contribution in [2.45, 2.75) is 19.3 Å². The lowest BCUT2D eigenvalue weighted by Gasteiger charge is -2.17. The van der Waals surface area contributed by atoms with Crippen molar-refractivity contribution in [2.24, 2.45) is 0 Å². The summed E-state index contributed by atoms with van der Waals surface area (Å²) < 4.78 is 33.0. The number of rotatable bonds is 3. The Balaban J connectivity index is 1.91. The molecular weight excluding hydrogens is 338 g/mol. The van der Waals surface area contributed by atoms with Gasteiger partial charge in [-0.1, -0.05) is 0 Å². The van der Waals surface area contributed by atoms with E-state index in [0.717, 1.165) is 12.5 Å². The fourth-order valence-electron chi connectivity index (χ4n) is 2.94. The second-order valence-corrected chi connectivity index (χ2v) is 6.12. The maximum atomic E-state index is 14.1. The number of ether oxygens (including phenoxy) is 1. The summed E-state index contributed by atoms with van der Waals surface area (Å²) in [6.07, 6.45) is 4.83. The van der Waals surface area contributed by atoms with Gasteiger partial charge in [0.2, 0.25) is 0 Å². The van der Waals surface area contributed by atoms with E-state index < -0.39 is 11.6 Å². The van der Waals surface area contributed by atoms with Crippen LogP contribution in [0.3, 0.4) is 0 Å². The highest BCUT2D eigenvalue weighted by Crippen LogP contribution is 2.30. The van der Waals surface area contributed by atoms with Gasteiger partial charge in [0.05, 0.1) is 7.11 Å². The number of hydrogen-bond donors (Lipinski definition) is 1. The molecule has 1 aliphatic rings. The van der Waals surface area contributed by atoms with Crippen LogP contribution in [-0.2, 0) is 4.79 Å². The third-order valence-corrected chi connectivity index (χ3v) is 4.33. The van der Waals surface area contributed by atoms with Crippen molar-refractivity contribution in [3.05, 3.63) is 70.3 Å². The molecule has 134 valence electrons. The minimum atomic E-state index is -0.595. The Morgan fingerprint density at radius 2 is 1.54 bits per heavy atom. The summed E-state index contributed by atoms with van der Waals surface area (Å²) in [6, 6.07) is 8.25. The molecule has 0 aliphatic heterocycles. The van der Waals surface area contributed by atoms with Crippen molar-refractivity contribution in [1.82, 2.24) is 0 Å². The number of aromatic hydroxyl groups is 1. The highest BCUT2D eigenvalue weighted by atomic mass is 19.1. The van der Waals surface area contributed by atoms with Crippen molar-refractivity contribution < 1.29 is 23.4 Å². The van der Waals surface area contributed by atoms with Crippen LogP contribution in [0.4, 0.5) is 8.78 Å². The van der Waals surface area contributed by atoms with Gasteiger partial charge in [0.25, 0.3) is 0 Å². The number of ketones is 1. The summed E-state index contributed by atoms with van der Waals surface area (Å²) in [5.41, 5.74) is 1.51. The van der Waals surface area contributed by atoms with Crippen molar-refractivity contribution >= 4 is 17.9 Å². The van der Waals surface area contributed by atoms with E-state index in [2.05, 4.69) is 0 Å². The lowest BCUT2D eigenvalue weighted by atomic mass is 9.86. The average molecular weight is 356 g/mol. The summed E-state index contributed by atoms with van der Waals surface area (Å²) in [7, 11) is 1.46. The number of Topliss-reactive ketones (excluding diaryl/α,β-unsaturated/α-hetero) is 1. The number of phenols is 1. The van der Waals surface area contributed by atoms with Gasteiger partial charge in [-0.3, -0.25) is 4.79 Å². The Labute approximate surface area is 150 Å². The summed E-state index contributed by atoms with van der Waals surface area (Å²) in [5, 5.41) is 9.28. The Morgan fingerprint density at radius 1 is 0.962 bits per heavy atom. The van der Waals surface area contributed by atoms with Crippen LogP contribution in [0.2, 0.25) is 0 Å².